The Kier molecular flexibility index (Phi) is 4.93. The van der Waals surface area contributed by atoms with Crippen LogP contribution in [0.25, 0.3) is 0 Å². The summed E-state index contributed by atoms with van der Waals surface area (Å²) >= 11 is 0. The summed E-state index contributed by atoms with van der Waals surface area (Å²) in [5.74, 6) is 1.01. The Balaban J connectivity index is 1.55. The number of carbonyl (C=O) groups excluding carboxylic acids is 2. The highest BCUT2D eigenvalue weighted by atomic mass is 16.7. The van der Waals surface area contributed by atoms with Crippen LogP contribution in [0.2, 0.25) is 0 Å². The molecule has 0 aliphatic carbocycles. The standard InChI is InChI=1S/C25H22N2O5/c1-27-23(15-7-10-17(30-2)11-8-15)22(18-5-3-4-6-19(18)25(27)29)24(28)26-16-9-12-20-21(13-16)32-14-31-20/h3-13,22-23H,14H2,1-2H3,(H,26,28). The molecule has 3 aromatic rings. The lowest BCUT2D eigenvalue weighted by molar-refractivity contribution is -0.119. The molecule has 0 saturated carbocycles. The number of nitrogens with one attached hydrogen (secondary N) is 1. The van der Waals surface area contributed by atoms with Crippen molar-refractivity contribution in [1.82, 2.24) is 4.90 Å². The van der Waals surface area contributed by atoms with Crippen molar-refractivity contribution in [1.29, 1.82) is 0 Å². The van der Waals surface area contributed by atoms with Gasteiger partial charge < -0.3 is 24.4 Å². The van der Waals surface area contributed by atoms with Crippen LogP contribution in [-0.2, 0) is 4.79 Å². The largest absolute Gasteiger partial charge is 0.497 e. The molecular weight excluding hydrogens is 408 g/mol. The lowest BCUT2D eigenvalue weighted by Crippen LogP contribution is -2.44. The summed E-state index contributed by atoms with van der Waals surface area (Å²) in [6.45, 7) is 0.162. The van der Waals surface area contributed by atoms with Gasteiger partial charge in [0.05, 0.1) is 19.1 Å². The highest BCUT2D eigenvalue weighted by Crippen LogP contribution is 2.43. The second kappa shape index (κ2) is 7.92. The number of nitrogens with zero attached hydrogens (tertiary/aromatic N) is 1. The molecule has 2 heterocycles. The number of methoxy groups -OCH3 is 1. The van der Waals surface area contributed by atoms with Gasteiger partial charge in [0.2, 0.25) is 12.7 Å². The first-order valence-corrected chi connectivity index (χ1v) is 10.3. The van der Waals surface area contributed by atoms with Gasteiger partial charge in [-0.25, -0.2) is 0 Å². The van der Waals surface area contributed by atoms with E-state index in [9.17, 15) is 9.59 Å². The van der Waals surface area contributed by atoms with Gasteiger partial charge in [-0.1, -0.05) is 30.3 Å². The monoisotopic (exact) mass is 430 g/mol. The number of fused-ring (bicyclic) bond motifs is 2. The van der Waals surface area contributed by atoms with Crippen LogP contribution in [0.5, 0.6) is 17.2 Å². The van der Waals surface area contributed by atoms with E-state index in [2.05, 4.69) is 5.32 Å². The molecule has 2 amide bonds. The van der Waals surface area contributed by atoms with Crippen LogP contribution in [0.3, 0.4) is 0 Å². The van der Waals surface area contributed by atoms with E-state index in [0.29, 0.717) is 34.1 Å². The molecule has 162 valence electrons. The summed E-state index contributed by atoms with van der Waals surface area (Å²) in [6.07, 6.45) is 0. The van der Waals surface area contributed by atoms with Crippen LogP contribution in [0.4, 0.5) is 5.69 Å². The zero-order valence-electron chi connectivity index (χ0n) is 17.7. The first-order valence-electron chi connectivity index (χ1n) is 10.3. The van der Waals surface area contributed by atoms with Gasteiger partial charge >= 0.3 is 0 Å². The molecule has 2 aliphatic heterocycles. The molecule has 7 heteroatoms. The Morgan fingerprint density at radius 1 is 1.03 bits per heavy atom. The summed E-state index contributed by atoms with van der Waals surface area (Å²) in [5, 5.41) is 3.00. The maximum absolute atomic E-state index is 13.6. The van der Waals surface area contributed by atoms with Crippen LogP contribution in [0.1, 0.15) is 33.4 Å². The third kappa shape index (κ3) is 3.32. The molecule has 5 rings (SSSR count). The Labute approximate surface area is 185 Å². The van der Waals surface area contributed by atoms with Gasteiger partial charge in [0.15, 0.2) is 11.5 Å². The molecule has 32 heavy (non-hydrogen) atoms. The summed E-state index contributed by atoms with van der Waals surface area (Å²) in [6, 6.07) is 19.5. The fraction of sp³-hybridized carbons (Fsp3) is 0.200. The van der Waals surface area contributed by atoms with E-state index in [1.54, 1.807) is 43.3 Å². The molecule has 2 unspecified atom stereocenters. The Bertz CT molecular complexity index is 1190. The molecule has 7 nitrogen and oxygen atoms in total. The third-order valence-electron chi connectivity index (χ3n) is 5.96. The minimum absolute atomic E-state index is 0.117. The number of likely N-dealkylation sites (N-methyl/N-ethyl adjacent to an activating group) is 1. The quantitative estimate of drug-likeness (QED) is 0.678. The summed E-state index contributed by atoms with van der Waals surface area (Å²) in [7, 11) is 3.33. The minimum Gasteiger partial charge on any atom is -0.497 e. The molecule has 0 spiro atoms. The van der Waals surface area contributed by atoms with Crippen molar-refractivity contribution in [2.24, 2.45) is 0 Å². The van der Waals surface area contributed by atoms with Crippen molar-refractivity contribution < 1.29 is 23.8 Å². The van der Waals surface area contributed by atoms with Crippen molar-refractivity contribution in [2.45, 2.75) is 12.0 Å². The fourth-order valence-corrected chi connectivity index (χ4v) is 4.37. The van der Waals surface area contributed by atoms with Gasteiger partial charge in [-0.15, -0.1) is 0 Å². The van der Waals surface area contributed by atoms with Crippen molar-refractivity contribution >= 4 is 17.5 Å². The lowest BCUT2D eigenvalue weighted by atomic mass is 9.79. The maximum atomic E-state index is 13.6. The average molecular weight is 430 g/mol. The van der Waals surface area contributed by atoms with E-state index in [0.717, 1.165) is 5.56 Å². The van der Waals surface area contributed by atoms with Crippen molar-refractivity contribution in [3.05, 3.63) is 83.4 Å². The number of amides is 2. The zero-order valence-corrected chi connectivity index (χ0v) is 17.7. The van der Waals surface area contributed by atoms with Gasteiger partial charge in [0.25, 0.3) is 5.91 Å². The number of ether oxygens (including phenoxy) is 3. The van der Waals surface area contributed by atoms with Crippen LogP contribution >= 0.6 is 0 Å². The minimum atomic E-state index is -0.604. The molecule has 0 fully saturated rings. The molecule has 2 atom stereocenters. The average Bonchev–Trinajstić information content (AvgIpc) is 3.29. The Morgan fingerprint density at radius 2 is 1.78 bits per heavy atom. The molecule has 1 N–H and O–H groups in total. The van der Waals surface area contributed by atoms with Crippen LogP contribution in [0, 0.1) is 0 Å². The summed E-state index contributed by atoms with van der Waals surface area (Å²) in [5.41, 5.74) is 2.69. The van der Waals surface area contributed by atoms with Crippen LogP contribution in [0.15, 0.2) is 66.7 Å². The topological polar surface area (TPSA) is 77.1 Å². The second-order valence-corrected chi connectivity index (χ2v) is 7.76. The first kappa shape index (κ1) is 19.9. The number of carbonyl (C=O) groups is 2. The Hall–Kier alpha value is -4.00. The highest BCUT2D eigenvalue weighted by molar-refractivity contribution is 6.04. The molecule has 0 aromatic heterocycles. The predicted octanol–water partition coefficient (Wildman–Crippen LogP) is 3.97. The van der Waals surface area contributed by atoms with Crippen LogP contribution in [-0.4, -0.2) is 37.7 Å². The number of anilines is 1. The summed E-state index contributed by atoms with van der Waals surface area (Å²) < 4.78 is 16.0. The van der Waals surface area contributed by atoms with E-state index in [1.165, 1.54) is 0 Å². The Morgan fingerprint density at radius 3 is 2.56 bits per heavy atom. The second-order valence-electron chi connectivity index (χ2n) is 7.76. The fourth-order valence-electron chi connectivity index (χ4n) is 4.37. The van der Waals surface area contributed by atoms with E-state index in [1.807, 2.05) is 42.5 Å². The van der Waals surface area contributed by atoms with E-state index < -0.39 is 12.0 Å². The number of benzene rings is 3. The molecule has 3 aromatic carbocycles. The van der Waals surface area contributed by atoms with Crippen molar-refractivity contribution in [2.75, 3.05) is 26.3 Å². The van der Waals surface area contributed by atoms with Gasteiger partial charge in [-0.05, 0) is 41.5 Å². The number of rotatable bonds is 4. The summed E-state index contributed by atoms with van der Waals surface area (Å²) in [4.78, 5) is 28.4. The highest BCUT2D eigenvalue weighted by Gasteiger charge is 2.42. The van der Waals surface area contributed by atoms with Crippen molar-refractivity contribution in [3.63, 3.8) is 0 Å². The van der Waals surface area contributed by atoms with Gasteiger partial charge in [-0.3, -0.25) is 9.59 Å². The molecule has 0 saturated heterocycles. The van der Waals surface area contributed by atoms with Gasteiger partial charge in [-0.2, -0.15) is 0 Å². The lowest BCUT2D eigenvalue weighted by Gasteiger charge is -2.39. The normalized spacial score (nSPS) is 18.8. The van der Waals surface area contributed by atoms with E-state index in [-0.39, 0.29) is 18.6 Å². The first-order chi connectivity index (χ1) is 15.6. The number of hydrogen-bond donors (Lipinski definition) is 1. The van der Waals surface area contributed by atoms with E-state index >= 15 is 0 Å². The van der Waals surface area contributed by atoms with Crippen molar-refractivity contribution in [3.8, 4) is 17.2 Å². The smallest absolute Gasteiger partial charge is 0.254 e. The third-order valence-corrected chi connectivity index (χ3v) is 5.96. The maximum Gasteiger partial charge on any atom is 0.254 e. The predicted molar refractivity (Wildman–Crippen MR) is 118 cm³/mol. The molecule has 0 radical (unpaired) electrons. The van der Waals surface area contributed by atoms with Gasteiger partial charge in [0, 0.05) is 24.4 Å². The van der Waals surface area contributed by atoms with Crippen LogP contribution < -0.4 is 19.5 Å². The SMILES string of the molecule is COc1ccc(C2C(C(=O)Nc3ccc4c(c3)OCO4)c3ccccc3C(=O)N2C)cc1. The molecule has 0 bridgehead atoms. The molecule has 2 aliphatic rings. The number of hydrogen-bond acceptors (Lipinski definition) is 5. The van der Waals surface area contributed by atoms with Gasteiger partial charge in [0.1, 0.15) is 5.75 Å². The zero-order chi connectivity index (χ0) is 22.2. The molecular formula is C25H22N2O5. The van der Waals surface area contributed by atoms with E-state index in [4.69, 9.17) is 14.2 Å².